The van der Waals surface area contributed by atoms with Gasteiger partial charge in [-0.3, -0.25) is 0 Å². The van der Waals surface area contributed by atoms with E-state index in [0.717, 1.165) is 33.2 Å². The van der Waals surface area contributed by atoms with Gasteiger partial charge in [0.2, 0.25) is 0 Å². The molecule has 0 saturated carbocycles. The van der Waals surface area contributed by atoms with Gasteiger partial charge in [0.1, 0.15) is 5.75 Å². The van der Waals surface area contributed by atoms with Crippen LogP contribution in [0.3, 0.4) is 0 Å². The maximum absolute atomic E-state index is 5.73. The van der Waals surface area contributed by atoms with E-state index in [4.69, 9.17) is 9.72 Å². The van der Waals surface area contributed by atoms with Gasteiger partial charge in [-0.05, 0) is 25.1 Å². The molecular formula is C16H16N2O. The molecule has 0 amide bonds. The molecule has 3 nitrogen and oxygen atoms in total. The van der Waals surface area contributed by atoms with E-state index in [-0.39, 0.29) is 0 Å². The van der Waals surface area contributed by atoms with E-state index in [1.54, 1.807) is 0 Å². The van der Waals surface area contributed by atoms with Gasteiger partial charge < -0.3 is 10.1 Å². The third-order valence-corrected chi connectivity index (χ3v) is 3.22. The smallest absolute Gasteiger partial charge is 0.130 e. The summed E-state index contributed by atoms with van der Waals surface area (Å²) in [5.41, 5.74) is 3.02. The molecule has 0 bridgehead atoms. The van der Waals surface area contributed by atoms with Crippen molar-refractivity contribution in [3.05, 3.63) is 42.5 Å². The Balaban J connectivity index is 2.46. The van der Waals surface area contributed by atoms with Crippen molar-refractivity contribution < 1.29 is 4.74 Å². The lowest BCUT2D eigenvalue weighted by Gasteiger charge is -2.13. The van der Waals surface area contributed by atoms with Gasteiger partial charge in [0.05, 0.1) is 28.7 Å². The number of para-hydroxylation sites is 1. The fourth-order valence-electron chi connectivity index (χ4n) is 2.45. The minimum Gasteiger partial charge on any atom is -0.493 e. The summed E-state index contributed by atoms with van der Waals surface area (Å²) in [6.07, 6.45) is 0. The van der Waals surface area contributed by atoms with Crippen LogP contribution in [0.5, 0.6) is 5.75 Å². The summed E-state index contributed by atoms with van der Waals surface area (Å²) in [5.74, 6) is 0.877. The zero-order valence-corrected chi connectivity index (χ0v) is 11.1. The summed E-state index contributed by atoms with van der Waals surface area (Å²) in [6.45, 7) is 2.64. The van der Waals surface area contributed by atoms with Crippen LogP contribution in [0.25, 0.3) is 21.8 Å². The van der Waals surface area contributed by atoms with Crippen molar-refractivity contribution in [1.29, 1.82) is 0 Å². The Kier molecular flexibility index (Phi) is 2.95. The second kappa shape index (κ2) is 4.76. The highest BCUT2D eigenvalue weighted by molar-refractivity contribution is 6.09. The van der Waals surface area contributed by atoms with Crippen molar-refractivity contribution in [1.82, 2.24) is 4.98 Å². The molecule has 0 unspecified atom stereocenters. The normalized spacial score (nSPS) is 10.8. The number of pyridine rings is 1. The number of nitrogens with one attached hydrogen (secondary N) is 1. The number of ether oxygens (including phenoxy) is 1. The molecule has 96 valence electrons. The lowest BCUT2D eigenvalue weighted by atomic mass is 10.1. The van der Waals surface area contributed by atoms with E-state index in [1.807, 2.05) is 50.4 Å². The Morgan fingerprint density at radius 1 is 1.05 bits per heavy atom. The summed E-state index contributed by atoms with van der Waals surface area (Å²) in [6, 6.07) is 14.1. The molecule has 3 heteroatoms. The number of fused-ring (bicyclic) bond motifs is 2. The number of anilines is 1. The van der Waals surface area contributed by atoms with Gasteiger partial charge in [-0.2, -0.15) is 0 Å². The number of benzene rings is 2. The van der Waals surface area contributed by atoms with Crippen molar-refractivity contribution in [3.63, 3.8) is 0 Å². The van der Waals surface area contributed by atoms with Crippen LogP contribution in [0, 0.1) is 0 Å². The lowest BCUT2D eigenvalue weighted by molar-refractivity contribution is 0.344. The van der Waals surface area contributed by atoms with E-state index >= 15 is 0 Å². The third-order valence-electron chi connectivity index (χ3n) is 3.22. The summed E-state index contributed by atoms with van der Waals surface area (Å²) in [4.78, 5) is 4.71. The molecule has 0 radical (unpaired) electrons. The monoisotopic (exact) mass is 252 g/mol. The molecule has 0 aliphatic carbocycles. The Morgan fingerprint density at radius 2 is 1.84 bits per heavy atom. The molecular weight excluding hydrogens is 236 g/mol. The summed E-state index contributed by atoms with van der Waals surface area (Å²) >= 11 is 0. The van der Waals surface area contributed by atoms with Gasteiger partial charge in [-0.25, -0.2) is 4.98 Å². The van der Waals surface area contributed by atoms with Crippen molar-refractivity contribution in [2.24, 2.45) is 0 Å². The first kappa shape index (κ1) is 11.8. The minimum atomic E-state index is 0.648. The first-order chi connectivity index (χ1) is 9.35. The number of nitrogens with zero attached hydrogens (tertiary/aromatic N) is 1. The molecule has 0 aliphatic rings. The quantitative estimate of drug-likeness (QED) is 0.719. The average molecular weight is 252 g/mol. The molecule has 1 N–H and O–H groups in total. The Morgan fingerprint density at radius 3 is 2.63 bits per heavy atom. The van der Waals surface area contributed by atoms with E-state index < -0.39 is 0 Å². The standard InChI is InChI=1S/C16H16N2O/c1-3-19-14-10-6-9-13-15(14)16(17-2)11-7-4-5-8-12(11)18-13/h4-10H,3H2,1-2H3,(H,17,18). The second-order valence-corrected chi connectivity index (χ2v) is 4.34. The van der Waals surface area contributed by atoms with E-state index in [1.165, 1.54) is 0 Å². The Bertz CT molecular complexity index is 737. The van der Waals surface area contributed by atoms with Crippen LogP contribution < -0.4 is 10.1 Å². The molecule has 3 aromatic rings. The van der Waals surface area contributed by atoms with Gasteiger partial charge in [0, 0.05) is 12.4 Å². The summed E-state index contributed by atoms with van der Waals surface area (Å²) in [5, 5.41) is 5.45. The highest BCUT2D eigenvalue weighted by Gasteiger charge is 2.11. The van der Waals surface area contributed by atoms with Crippen LogP contribution in [-0.4, -0.2) is 18.6 Å². The maximum atomic E-state index is 5.73. The Labute approximate surface area is 112 Å². The predicted molar refractivity (Wildman–Crippen MR) is 80.0 cm³/mol. The third kappa shape index (κ3) is 1.87. The van der Waals surface area contributed by atoms with E-state index in [0.29, 0.717) is 6.61 Å². The van der Waals surface area contributed by atoms with Gasteiger partial charge in [0.15, 0.2) is 0 Å². The maximum Gasteiger partial charge on any atom is 0.130 e. The first-order valence-corrected chi connectivity index (χ1v) is 6.47. The van der Waals surface area contributed by atoms with Gasteiger partial charge in [-0.1, -0.05) is 24.3 Å². The van der Waals surface area contributed by atoms with Crippen LogP contribution in [0.2, 0.25) is 0 Å². The van der Waals surface area contributed by atoms with Crippen LogP contribution in [0.4, 0.5) is 5.69 Å². The number of aromatic nitrogens is 1. The predicted octanol–water partition coefficient (Wildman–Crippen LogP) is 3.83. The summed E-state index contributed by atoms with van der Waals surface area (Å²) < 4.78 is 5.73. The number of rotatable bonds is 3. The highest BCUT2D eigenvalue weighted by atomic mass is 16.5. The molecule has 1 aromatic heterocycles. The molecule has 19 heavy (non-hydrogen) atoms. The van der Waals surface area contributed by atoms with Crippen molar-refractivity contribution in [3.8, 4) is 5.75 Å². The topological polar surface area (TPSA) is 34.1 Å². The minimum absolute atomic E-state index is 0.648. The molecule has 0 spiro atoms. The number of hydrogen-bond donors (Lipinski definition) is 1. The average Bonchev–Trinajstić information content (AvgIpc) is 2.45. The summed E-state index contributed by atoms with van der Waals surface area (Å²) in [7, 11) is 1.93. The van der Waals surface area contributed by atoms with Gasteiger partial charge >= 0.3 is 0 Å². The fraction of sp³-hybridized carbons (Fsp3) is 0.188. The fourth-order valence-corrected chi connectivity index (χ4v) is 2.45. The largest absolute Gasteiger partial charge is 0.493 e. The molecule has 0 aliphatic heterocycles. The molecule has 3 rings (SSSR count). The van der Waals surface area contributed by atoms with Gasteiger partial charge in [-0.15, -0.1) is 0 Å². The first-order valence-electron chi connectivity index (χ1n) is 6.47. The van der Waals surface area contributed by atoms with Crippen LogP contribution in [0.15, 0.2) is 42.5 Å². The van der Waals surface area contributed by atoms with E-state index in [9.17, 15) is 0 Å². The Hall–Kier alpha value is -2.29. The van der Waals surface area contributed by atoms with Crippen LogP contribution in [-0.2, 0) is 0 Å². The second-order valence-electron chi connectivity index (χ2n) is 4.34. The van der Waals surface area contributed by atoms with Crippen molar-refractivity contribution in [2.75, 3.05) is 19.0 Å². The lowest BCUT2D eigenvalue weighted by Crippen LogP contribution is -1.98. The zero-order chi connectivity index (χ0) is 13.2. The SMILES string of the molecule is CCOc1cccc2nc3ccccc3c(NC)c12. The van der Waals surface area contributed by atoms with Crippen molar-refractivity contribution in [2.45, 2.75) is 6.92 Å². The number of hydrogen-bond acceptors (Lipinski definition) is 3. The molecule has 0 saturated heterocycles. The zero-order valence-electron chi connectivity index (χ0n) is 11.1. The van der Waals surface area contributed by atoms with Crippen LogP contribution in [0.1, 0.15) is 6.92 Å². The molecule has 2 aromatic carbocycles. The van der Waals surface area contributed by atoms with Crippen LogP contribution >= 0.6 is 0 Å². The molecule has 0 atom stereocenters. The molecule has 1 heterocycles. The van der Waals surface area contributed by atoms with Gasteiger partial charge in [0.25, 0.3) is 0 Å². The van der Waals surface area contributed by atoms with Crippen molar-refractivity contribution >= 4 is 27.5 Å². The highest BCUT2D eigenvalue weighted by Crippen LogP contribution is 2.36. The molecule has 0 fully saturated rings. The van der Waals surface area contributed by atoms with E-state index in [2.05, 4.69) is 11.4 Å².